The molecule has 3 aliphatic rings. The van der Waals surface area contributed by atoms with Crippen LogP contribution in [0.15, 0.2) is 66.7 Å². The summed E-state index contributed by atoms with van der Waals surface area (Å²) in [5.41, 5.74) is 0.870. The number of hydrogen-bond donors (Lipinski definition) is 3. The number of fused-ring (bicyclic) bond motifs is 1. The molecule has 2 saturated heterocycles. The van der Waals surface area contributed by atoms with Gasteiger partial charge in [0.1, 0.15) is 11.6 Å². The minimum atomic E-state index is -4.62. The second kappa shape index (κ2) is 14.1. The van der Waals surface area contributed by atoms with E-state index in [1.54, 1.807) is 41.3 Å². The molecule has 3 fully saturated rings. The summed E-state index contributed by atoms with van der Waals surface area (Å²) in [6.45, 7) is -0.447. The van der Waals surface area contributed by atoms with E-state index in [-0.39, 0.29) is 48.4 Å². The molecule has 3 amide bonds. The van der Waals surface area contributed by atoms with Crippen LogP contribution in [0, 0.1) is 23.5 Å². The van der Waals surface area contributed by atoms with Gasteiger partial charge in [0.25, 0.3) is 5.91 Å². The Morgan fingerprint density at radius 1 is 0.849 bits per heavy atom. The van der Waals surface area contributed by atoms with Gasteiger partial charge in [0.2, 0.25) is 11.9 Å². The number of amides is 3. The van der Waals surface area contributed by atoms with E-state index in [0.29, 0.717) is 35.4 Å². The summed E-state index contributed by atoms with van der Waals surface area (Å²) < 4.78 is 70.8. The molecule has 3 N–H and O–H groups in total. The van der Waals surface area contributed by atoms with E-state index < -0.39 is 47.8 Å². The maximum absolute atomic E-state index is 13.9. The van der Waals surface area contributed by atoms with Gasteiger partial charge < -0.3 is 30.5 Å². The number of aromatic nitrogens is 3. The van der Waals surface area contributed by atoms with Gasteiger partial charge in [-0.1, -0.05) is 23.7 Å². The fraction of sp³-hybridized carbons (Fsp3) is 0.314. The fourth-order valence-electron chi connectivity index (χ4n) is 6.52. The molecule has 2 aliphatic heterocycles. The van der Waals surface area contributed by atoms with Crippen molar-refractivity contribution in [1.82, 2.24) is 24.8 Å². The van der Waals surface area contributed by atoms with Gasteiger partial charge in [-0.3, -0.25) is 14.4 Å². The number of alkyl halides is 3. The summed E-state index contributed by atoms with van der Waals surface area (Å²) in [7, 11) is 0. The number of nitrogens with one attached hydrogen (secondary N) is 3. The zero-order chi connectivity index (χ0) is 37.5. The smallest absolute Gasteiger partial charge is 0.422 e. The van der Waals surface area contributed by atoms with Gasteiger partial charge in [-0.25, -0.2) is 8.78 Å². The average molecular weight is 757 g/mol. The second-order valence-corrected chi connectivity index (χ2v) is 13.5. The Balaban J connectivity index is 0.970. The number of carbonyl (C=O) groups excluding carboxylic acids is 3. The predicted molar refractivity (Wildman–Crippen MR) is 182 cm³/mol. The van der Waals surface area contributed by atoms with Gasteiger partial charge in [0.15, 0.2) is 6.61 Å². The molecule has 0 spiro atoms. The van der Waals surface area contributed by atoms with E-state index >= 15 is 0 Å². The monoisotopic (exact) mass is 756 g/mol. The normalized spacial score (nSPS) is 18.7. The second-order valence-electron chi connectivity index (χ2n) is 13.1. The zero-order valence-electron chi connectivity index (χ0n) is 27.6. The third kappa shape index (κ3) is 8.24. The molecule has 12 nitrogen and oxygen atoms in total. The maximum Gasteiger partial charge on any atom is 0.422 e. The quantitative estimate of drug-likeness (QED) is 0.144. The van der Waals surface area contributed by atoms with Gasteiger partial charge in [-0.05, 0) is 66.9 Å². The molecule has 7 rings (SSSR count). The van der Waals surface area contributed by atoms with Crippen molar-refractivity contribution >= 4 is 52.6 Å². The fourth-order valence-corrected chi connectivity index (χ4v) is 6.64. The Labute approximate surface area is 303 Å². The molecule has 3 heterocycles. The molecule has 4 aromatic rings. The van der Waals surface area contributed by atoms with Crippen LogP contribution in [0.4, 0.5) is 45.2 Å². The summed E-state index contributed by atoms with van der Waals surface area (Å²) in [4.78, 5) is 54.1. The molecule has 1 aromatic heterocycles. The number of carbonyl (C=O) groups is 3. The molecule has 1 saturated carbocycles. The van der Waals surface area contributed by atoms with Crippen LogP contribution in [-0.4, -0.2) is 81.4 Å². The highest BCUT2D eigenvalue weighted by molar-refractivity contribution is 6.39. The lowest BCUT2D eigenvalue weighted by Gasteiger charge is -2.22. The van der Waals surface area contributed by atoms with E-state index in [0.717, 1.165) is 30.5 Å². The highest BCUT2D eigenvalue weighted by Crippen LogP contribution is 2.48. The first-order valence-corrected chi connectivity index (χ1v) is 16.8. The summed E-state index contributed by atoms with van der Waals surface area (Å²) in [6.07, 6.45) is -3.17. The Hall–Kier alpha value is -5.58. The summed E-state index contributed by atoms with van der Waals surface area (Å²) >= 11 is 6.03. The van der Waals surface area contributed by atoms with Gasteiger partial charge in [0, 0.05) is 60.4 Å². The molecule has 276 valence electrons. The molecule has 53 heavy (non-hydrogen) atoms. The number of halogens is 6. The van der Waals surface area contributed by atoms with E-state index in [1.807, 2.05) is 12.1 Å². The highest BCUT2D eigenvalue weighted by atomic mass is 35.5. The molecule has 0 radical (unpaired) electrons. The Morgan fingerprint density at radius 2 is 1.49 bits per heavy atom. The topological polar surface area (TPSA) is 142 Å². The lowest BCUT2D eigenvalue weighted by Crippen LogP contribution is -2.41. The van der Waals surface area contributed by atoms with Gasteiger partial charge in [-0.15, -0.1) is 0 Å². The van der Waals surface area contributed by atoms with Crippen LogP contribution in [-0.2, 0) is 15.1 Å². The molecule has 2 unspecified atom stereocenters. The SMILES string of the molecule is O=C(Nc1ccc(F)cc1F)C(=O)N1CC2CN(C(=O)c3ccc(Nc4nc(NC5(c6ccc(Cl)cc6)CC5)nc(OCC(F)(F)F)n4)cc3)CC2C1. The van der Waals surface area contributed by atoms with Crippen LogP contribution >= 0.6 is 11.6 Å². The molecular formula is C35H30ClF5N8O4. The minimum absolute atomic E-state index is 0.00109. The maximum atomic E-state index is 13.9. The van der Waals surface area contributed by atoms with Crippen molar-refractivity contribution in [2.45, 2.75) is 24.6 Å². The average Bonchev–Trinajstić information content (AvgIpc) is 3.61. The summed E-state index contributed by atoms with van der Waals surface area (Å²) in [5, 5.41) is 8.88. The van der Waals surface area contributed by atoms with E-state index in [9.17, 15) is 36.3 Å². The van der Waals surface area contributed by atoms with E-state index in [1.165, 1.54) is 4.90 Å². The Bertz CT molecular complexity index is 2040. The summed E-state index contributed by atoms with van der Waals surface area (Å²) in [5.74, 6) is -4.21. The number of rotatable bonds is 9. The Morgan fingerprint density at radius 3 is 2.11 bits per heavy atom. The van der Waals surface area contributed by atoms with Crippen LogP contribution in [0.3, 0.4) is 0 Å². The largest absolute Gasteiger partial charge is 0.454 e. The first-order chi connectivity index (χ1) is 25.2. The molecule has 2 atom stereocenters. The van der Waals surface area contributed by atoms with Crippen LogP contribution in [0.5, 0.6) is 6.01 Å². The lowest BCUT2D eigenvalue weighted by atomic mass is 10.0. The third-order valence-corrected chi connectivity index (χ3v) is 9.55. The van der Waals surface area contributed by atoms with Crippen molar-refractivity contribution in [3.05, 3.63) is 94.5 Å². The number of likely N-dealkylation sites (tertiary alicyclic amines) is 2. The van der Waals surface area contributed by atoms with Crippen molar-refractivity contribution in [2.24, 2.45) is 11.8 Å². The minimum Gasteiger partial charge on any atom is -0.454 e. The predicted octanol–water partition coefficient (Wildman–Crippen LogP) is 5.76. The zero-order valence-corrected chi connectivity index (χ0v) is 28.3. The first kappa shape index (κ1) is 35.8. The van der Waals surface area contributed by atoms with Crippen LogP contribution < -0.4 is 20.7 Å². The third-order valence-electron chi connectivity index (χ3n) is 9.30. The summed E-state index contributed by atoms with van der Waals surface area (Å²) in [6, 6.07) is 15.6. The number of ether oxygens (including phenoxy) is 1. The van der Waals surface area contributed by atoms with E-state index in [4.69, 9.17) is 16.3 Å². The first-order valence-electron chi connectivity index (χ1n) is 16.5. The van der Waals surface area contributed by atoms with Crippen molar-refractivity contribution in [1.29, 1.82) is 0 Å². The van der Waals surface area contributed by atoms with Crippen LogP contribution in [0.1, 0.15) is 28.8 Å². The number of nitrogens with zero attached hydrogens (tertiary/aromatic N) is 5. The lowest BCUT2D eigenvalue weighted by molar-refractivity contribution is -0.154. The van der Waals surface area contributed by atoms with Crippen molar-refractivity contribution < 1.29 is 41.1 Å². The van der Waals surface area contributed by atoms with Gasteiger partial charge in [-0.2, -0.15) is 28.1 Å². The standard InChI is InChI=1S/C35H30ClF5N8O4/c36-23-5-3-22(4-6-23)34(11-12-34)47-32-44-31(45-33(46-32)53-18-35(39,40)41)42-25-8-1-19(2-9-25)29(51)48-14-20-16-49(17-21(20)15-48)30(52)28(50)43-27-10-7-24(37)13-26(27)38/h1-10,13,20-21H,11-12,14-18H2,(H,43,50)(H2,42,44,45,46,47). The van der Waals surface area contributed by atoms with Gasteiger partial charge >= 0.3 is 24.0 Å². The molecule has 0 bridgehead atoms. The van der Waals surface area contributed by atoms with Crippen molar-refractivity contribution in [2.75, 3.05) is 48.7 Å². The van der Waals surface area contributed by atoms with Crippen molar-refractivity contribution in [3.8, 4) is 6.01 Å². The number of benzene rings is 3. The van der Waals surface area contributed by atoms with Gasteiger partial charge in [0.05, 0.1) is 11.2 Å². The molecule has 1 aliphatic carbocycles. The van der Waals surface area contributed by atoms with Crippen molar-refractivity contribution in [3.63, 3.8) is 0 Å². The molecule has 18 heteroatoms. The number of anilines is 4. The number of hydrogen-bond acceptors (Lipinski definition) is 9. The Kier molecular flexibility index (Phi) is 9.52. The van der Waals surface area contributed by atoms with E-state index in [2.05, 4.69) is 30.9 Å². The molecule has 3 aromatic carbocycles. The van der Waals surface area contributed by atoms with Crippen LogP contribution in [0.25, 0.3) is 0 Å². The molecular weight excluding hydrogens is 727 g/mol. The van der Waals surface area contributed by atoms with Crippen LogP contribution in [0.2, 0.25) is 5.02 Å². The highest BCUT2D eigenvalue weighted by Gasteiger charge is 2.46.